The molecule has 3 saturated heterocycles. The molecule has 46 heavy (non-hydrogen) atoms. The molecule has 7 rings (SSSR count). The Morgan fingerprint density at radius 1 is 1.00 bits per heavy atom. The Bertz CT molecular complexity index is 1960. The molecule has 2 aromatic carbocycles. The van der Waals surface area contributed by atoms with Gasteiger partial charge in [-0.05, 0) is 47.9 Å². The molecular weight excluding hydrogens is 635 g/mol. The normalized spacial score (nSPS) is 42.5. The molecule has 0 radical (unpaired) electrons. The zero-order valence-corrected chi connectivity index (χ0v) is 24.2. The number of fused-ring (bicyclic) bond motifs is 4. The van der Waals surface area contributed by atoms with E-state index in [0.29, 0.717) is 0 Å². The maximum absolute atomic E-state index is 13.8. The molecule has 4 heterocycles. The van der Waals surface area contributed by atoms with E-state index < -0.39 is 131 Å². The lowest BCUT2D eigenvalue weighted by Crippen LogP contribution is -2.63. The van der Waals surface area contributed by atoms with Crippen LogP contribution in [0, 0.1) is 11.8 Å². The van der Waals surface area contributed by atoms with Gasteiger partial charge in [0.2, 0.25) is 12.5 Å². The number of phosphoric acid groups is 1. The van der Waals surface area contributed by atoms with Crippen molar-refractivity contribution in [3.63, 3.8) is 0 Å². The molecule has 0 spiro atoms. The van der Waals surface area contributed by atoms with Gasteiger partial charge in [-0.3, -0.25) is 14.6 Å². The van der Waals surface area contributed by atoms with Gasteiger partial charge in [-0.2, -0.15) is 0 Å². The zero-order valence-electron chi connectivity index (χ0n) is 34.3. The van der Waals surface area contributed by atoms with E-state index in [1.165, 1.54) is 6.92 Å². The Hall–Kier alpha value is -3.18. The first-order chi connectivity index (χ1) is 26.1. The predicted octanol–water partition coefficient (Wildman–Crippen LogP) is 1.10. The first-order valence-electron chi connectivity index (χ1n) is 19.1. The van der Waals surface area contributed by atoms with Gasteiger partial charge in [-0.25, -0.2) is 4.57 Å². The zero-order chi connectivity index (χ0) is 42.0. The summed E-state index contributed by atoms with van der Waals surface area (Å²) in [6.07, 6.45) is -11.4. The first-order valence-corrected chi connectivity index (χ1v) is 15.1. The van der Waals surface area contributed by atoms with Crippen LogP contribution in [0.5, 0.6) is 28.7 Å². The lowest BCUT2D eigenvalue weighted by Gasteiger charge is -2.47. The summed E-state index contributed by atoms with van der Waals surface area (Å²) in [7, 11) is -12.4. The van der Waals surface area contributed by atoms with Crippen molar-refractivity contribution >= 4 is 13.8 Å². The molecule has 2 aromatic rings. The number of rotatable bonds is 7. The van der Waals surface area contributed by atoms with Crippen LogP contribution < -0.4 is 23.5 Å². The van der Waals surface area contributed by atoms with Crippen LogP contribution in [0.1, 0.15) is 50.7 Å². The quantitative estimate of drug-likeness (QED) is 0.239. The van der Waals surface area contributed by atoms with Crippen LogP contribution in [0.4, 0.5) is 0 Å². The fourth-order valence-electron chi connectivity index (χ4n) is 6.20. The number of aliphatic hydroxyl groups is 2. The van der Waals surface area contributed by atoms with Gasteiger partial charge >= 0.3 is 13.8 Å². The SMILES string of the molecule is [2H]C([2H])([2H])Oc1cc([C@]2([2H])c3cc4c(cc3[C@@H](O[C@@H]3O[C@H]5[C@@H](O[C@H](C)OC5([2H])[2H])[C@H](O)[C@H]3O)[C@H]3COC(=O)[C@@H]32)OC([2H])([2H])O4)cc(OC([2H])([2H])[2H])c1OP(=O)(O)O. The number of carbonyl (C=O) groups excluding carboxylic acids is 1. The van der Waals surface area contributed by atoms with E-state index in [4.69, 9.17) is 56.3 Å². The number of methoxy groups -OCH3 is 2. The highest BCUT2D eigenvalue weighted by Crippen LogP contribution is 2.57. The second-order valence-corrected chi connectivity index (χ2v) is 12.0. The molecule has 4 aliphatic heterocycles. The molecule has 10 atom stereocenters. The average Bonchev–Trinajstić information content (AvgIpc) is 3.57. The summed E-state index contributed by atoms with van der Waals surface area (Å²) in [5.74, 6) is -10.6. The summed E-state index contributed by atoms with van der Waals surface area (Å²) >= 11 is 0. The van der Waals surface area contributed by atoms with Crippen molar-refractivity contribution in [2.24, 2.45) is 11.8 Å². The number of ether oxygens (including phenoxy) is 9. The standard InChI is InChI=1S/C29H33O16P/c1-11-38-9-20-27(42-11)23(30)24(31)29(43-20)44-25-14-7-17-16(40-10-41-17)6-13(14)21(22-15(25)8-39-28(22)32)12-4-18(36-2)26(19(5-12)37-3)45-46(33,34)35/h4-7,11,15,20-25,27,29-31H,8-10H2,1-3H3,(H2,33,34,35)/t11-,15+,20-,21-,22+,23-,24-,25-,27-,29+/m1/s1/i2D3,3D3,9D2,10D2,21D. The van der Waals surface area contributed by atoms with Crippen molar-refractivity contribution in [3.05, 3.63) is 41.0 Å². The minimum absolute atomic E-state index is 0.114. The molecule has 0 bridgehead atoms. The molecule has 0 amide bonds. The number of carbonyl (C=O) groups is 1. The smallest absolute Gasteiger partial charge is 0.493 e. The van der Waals surface area contributed by atoms with Crippen LogP contribution in [0.3, 0.4) is 0 Å². The van der Waals surface area contributed by atoms with Gasteiger partial charge in [0.25, 0.3) is 0 Å². The molecule has 17 heteroatoms. The number of hydrogen-bond donors (Lipinski definition) is 4. The number of cyclic esters (lactones) is 1. The molecular formula is C29H33O16P. The summed E-state index contributed by atoms with van der Waals surface area (Å²) < 4.78 is 154. The van der Waals surface area contributed by atoms with Crippen molar-refractivity contribution in [3.8, 4) is 28.7 Å². The average molecular weight is 680 g/mol. The molecule has 4 N–H and O–H groups in total. The highest BCUT2D eigenvalue weighted by atomic mass is 31.2. The molecule has 250 valence electrons. The molecule has 1 aliphatic carbocycles. The number of phosphoric ester groups is 1. The Morgan fingerprint density at radius 2 is 1.70 bits per heavy atom. The Labute approximate surface area is 277 Å². The molecule has 3 fully saturated rings. The van der Waals surface area contributed by atoms with Crippen molar-refractivity contribution in [1.29, 1.82) is 0 Å². The van der Waals surface area contributed by atoms with E-state index in [-0.39, 0.29) is 22.6 Å². The van der Waals surface area contributed by atoms with Gasteiger partial charge in [0.1, 0.15) is 27.2 Å². The van der Waals surface area contributed by atoms with Gasteiger partial charge in [-0.1, -0.05) is 0 Å². The third-order valence-corrected chi connectivity index (χ3v) is 8.52. The fraction of sp³-hybridized carbons (Fsp3) is 0.552. The second-order valence-electron chi connectivity index (χ2n) is 10.8. The number of aliphatic hydroxyl groups excluding tert-OH is 2. The van der Waals surface area contributed by atoms with Crippen molar-refractivity contribution < 1.29 is 91.6 Å². The molecule has 16 nitrogen and oxygen atoms in total. The third kappa shape index (κ3) is 5.37. The highest BCUT2D eigenvalue weighted by Gasteiger charge is 2.56. The molecule has 5 aliphatic rings. The van der Waals surface area contributed by atoms with E-state index in [1.54, 1.807) is 0 Å². The number of esters is 1. The van der Waals surface area contributed by atoms with Gasteiger partial charge in [0.05, 0.1) is 50.2 Å². The van der Waals surface area contributed by atoms with E-state index in [2.05, 4.69) is 4.52 Å². The Kier molecular flexibility index (Phi) is 5.37. The summed E-state index contributed by atoms with van der Waals surface area (Å²) in [4.78, 5) is 33.1. The van der Waals surface area contributed by atoms with Crippen molar-refractivity contribution in [1.82, 2.24) is 0 Å². The lowest BCUT2D eigenvalue weighted by atomic mass is 9.66. The molecule has 0 aromatic heterocycles. The van der Waals surface area contributed by atoms with Crippen molar-refractivity contribution in [2.75, 3.05) is 34.0 Å². The minimum Gasteiger partial charge on any atom is -0.493 e. The maximum Gasteiger partial charge on any atom is 0.525 e. The monoisotopic (exact) mass is 679 g/mol. The maximum atomic E-state index is 13.8. The molecule has 0 saturated carbocycles. The molecule has 0 unspecified atom stereocenters. The summed E-state index contributed by atoms with van der Waals surface area (Å²) in [6, 6.07) is 3.71. The number of hydrogen-bond acceptors (Lipinski definition) is 14. The van der Waals surface area contributed by atoms with Crippen LogP contribution in [-0.4, -0.2) is 97.0 Å². The topological polar surface area (TPSA) is 207 Å². The van der Waals surface area contributed by atoms with E-state index >= 15 is 0 Å². The summed E-state index contributed by atoms with van der Waals surface area (Å²) in [5.41, 5.74) is -0.925. The van der Waals surface area contributed by atoms with Gasteiger partial charge in [-0.15, -0.1) is 0 Å². The van der Waals surface area contributed by atoms with Gasteiger partial charge in [0.15, 0.2) is 35.6 Å². The largest absolute Gasteiger partial charge is 0.525 e. The summed E-state index contributed by atoms with van der Waals surface area (Å²) in [5, 5.41) is 22.3. The predicted molar refractivity (Wildman–Crippen MR) is 149 cm³/mol. The fourth-order valence-corrected chi connectivity index (χ4v) is 6.62. The Morgan fingerprint density at radius 3 is 2.37 bits per heavy atom. The van der Waals surface area contributed by atoms with E-state index in [9.17, 15) is 30.7 Å². The Balaban J connectivity index is 1.43. The second kappa shape index (κ2) is 11.8. The minimum atomic E-state index is -5.62. The van der Waals surface area contributed by atoms with Crippen LogP contribution in [0.2, 0.25) is 0 Å². The highest BCUT2D eigenvalue weighted by molar-refractivity contribution is 7.46. The third-order valence-electron chi connectivity index (χ3n) is 8.10. The van der Waals surface area contributed by atoms with Crippen LogP contribution in [0.15, 0.2) is 24.3 Å². The number of benzene rings is 2. The van der Waals surface area contributed by atoms with E-state index in [0.717, 1.165) is 24.3 Å². The van der Waals surface area contributed by atoms with E-state index in [1.807, 2.05) is 0 Å². The van der Waals surface area contributed by atoms with Crippen LogP contribution >= 0.6 is 7.82 Å². The first kappa shape index (κ1) is 20.9. The van der Waals surface area contributed by atoms with Gasteiger partial charge < -0.3 is 57.4 Å². The van der Waals surface area contributed by atoms with Crippen molar-refractivity contribution in [2.45, 2.75) is 55.9 Å². The van der Waals surface area contributed by atoms with Crippen LogP contribution in [0.25, 0.3) is 0 Å². The lowest BCUT2D eigenvalue weighted by molar-refractivity contribution is -0.364. The van der Waals surface area contributed by atoms with Crippen LogP contribution in [-0.2, 0) is 33.0 Å². The summed E-state index contributed by atoms with van der Waals surface area (Å²) in [6.45, 7) is -4.52. The van der Waals surface area contributed by atoms with Gasteiger partial charge in [0, 0.05) is 13.2 Å².